The van der Waals surface area contributed by atoms with Crippen LogP contribution in [0.25, 0.3) is 0 Å². The molecule has 0 bridgehead atoms. The topological polar surface area (TPSA) is 75.7 Å². The third-order valence-electron chi connectivity index (χ3n) is 10.5. The summed E-state index contributed by atoms with van der Waals surface area (Å²) in [5, 5.41) is 0. The highest BCUT2D eigenvalue weighted by atomic mass is 16.5. The second-order valence-corrected chi connectivity index (χ2v) is 13.2. The van der Waals surface area contributed by atoms with Gasteiger partial charge in [0.05, 0.1) is 35.8 Å². The number of nitrogens with zero attached hydrogens (tertiary/aromatic N) is 7. The van der Waals surface area contributed by atoms with E-state index in [1.807, 2.05) is 7.05 Å². The number of aromatic nitrogens is 1. The Morgan fingerprint density at radius 1 is 1.07 bits per heavy atom. The van der Waals surface area contributed by atoms with Gasteiger partial charge in [-0.1, -0.05) is 18.7 Å². The maximum Gasteiger partial charge on any atom is 0.251 e. The van der Waals surface area contributed by atoms with Crippen molar-refractivity contribution < 1.29 is 14.3 Å². The molecule has 44 heavy (non-hydrogen) atoms. The number of anilines is 4. The molecule has 0 saturated carbocycles. The lowest BCUT2D eigenvalue weighted by atomic mass is 9.93. The van der Waals surface area contributed by atoms with Crippen LogP contribution in [-0.2, 0) is 29.0 Å². The molecule has 2 aromatic rings. The SMILES string of the molecule is C=CC(=O)N1C[C@@H]2C(=O)N(C)c3c(OC[C@@H]4CCCN4C)nc4c(c3N2C[C@H]1C)CCN(c1cccc2c1N(C)CCC2)C4. The Kier molecular flexibility index (Phi) is 7.43. The summed E-state index contributed by atoms with van der Waals surface area (Å²) in [5.41, 5.74) is 8.05. The average Bonchev–Trinajstić information content (AvgIpc) is 3.45. The Balaban J connectivity index is 1.30. The summed E-state index contributed by atoms with van der Waals surface area (Å²) in [7, 11) is 6.18. The maximum atomic E-state index is 13.9. The molecule has 0 aliphatic carbocycles. The zero-order valence-corrected chi connectivity index (χ0v) is 26.6. The first-order valence-electron chi connectivity index (χ1n) is 16.2. The molecule has 0 radical (unpaired) electrons. The van der Waals surface area contributed by atoms with Gasteiger partial charge in [-0.05, 0) is 70.3 Å². The van der Waals surface area contributed by atoms with Crippen molar-refractivity contribution in [2.75, 3.05) is 80.1 Å². The summed E-state index contributed by atoms with van der Waals surface area (Å²) in [6.07, 6.45) is 6.71. The van der Waals surface area contributed by atoms with E-state index in [-0.39, 0.29) is 17.9 Å². The summed E-state index contributed by atoms with van der Waals surface area (Å²) < 4.78 is 6.60. The monoisotopic (exact) mass is 599 g/mol. The second-order valence-electron chi connectivity index (χ2n) is 13.2. The lowest BCUT2D eigenvalue weighted by Crippen LogP contribution is -2.65. The summed E-state index contributed by atoms with van der Waals surface area (Å²) in [6, 6.07) is 6.51. The highest BCUT2D eigenvalue weighted by molar-refractivity contribution is 6.08. The van der Waals surface area contributed by atoms with Crippen molar-refractivity contribution in [2.45, 2.75) is 63.7 Å². The number of ether oxygens (including phenoxy) is 1. The quantitative estimate of drug-likeness (QED) is 0.486. The van der Waals surface area contributed by atoms with E-state index in [1.54, 1.807) is 9.80 Å². The van der Waals surface area contributed by atoms with Gasteiger partial charge in [0.15, 0.2) is 0 Å². The fourth-order valence-electron chi connectivity index (χ4n) is 8.09. The number of likely N-dealkylation sites (tertiary alicyclic amines) is 1. The Bertz CT molecular complexity index is 1490. The zero-order chi connectivity index (χ0) is 30.7. The van der Waals surface area contributed by atoms with Crippen LogP contribution < -0.4 is 24.3 Å². The number of hydrogen-bond acceptors (Lipinski definition) is 8. The molecule has 0 spiro atoms. The van der Waals surface area contributed by atoms with Gasteiger partial charge in [-0.15, -0.1) is 0 Å². The number of carbonyl (C=O) groups is 2. The molecular weight excluding hydrogens is 554 g/mol. The zero-order valence-electron chi connectivity index (χ0n) is 26.6. The molecule has 10 nitrogen and oxygen atoms in total. The first-order chi connectivity index (χ1) is 21.3. The van der Waals surface area contributed by atoms with Gasteiger partial charge in [-0.3, -0.25) is 9.59 Å². The number of likely N-dealkylation sites (N-methyl/N-ethyl adjacent to an activating group) is 2. The van der Waals surface area contributed by atoms with Crippen LogP contribution in [0, 0.1) is 0 Å². The van der Waals surface area contributed by atoms with E-state index in [0.717, 1.165) is 62.4 Å². The van der Waals surface area contributed by atoms with Gasteiger partial charge in [0.2, 0.25) is 11.8 Å². The number of piperazine rings is 1. The molecule has 1 aromatic carbocycles. The fraction of sp³-hybridized carbons (Fsp3) is 0.559. The average molecular weight is 600 g/mol. The third-order valence-corrected chi connectivity index (χ3v) is 10.5. The molecule has 1 aromatic heterocycles. The maximum absolute atomic E-state index is 13.9. The first-order valence-corrected chi connectivity index (χ1v) is 16.2. The van der Waals surface area contributed by atoms with Crippen molar-refractivity contribution in [3.05, 3.63) is 47.7 Å². The highest BCUT2D eigenvalue weighted by Gasteiger charge is 2.47. The number of pyridine rings is 1. The number of para-hydroxylation sites is 1. The molecule has 3 atom stereocenters. The van der Waals surface area contributed by atoms with Crippen LogP contribution in [0.2, 0.25) is 0 Å². The second kappa shape index (κ2) is 11.3. The number of amides is 2. The van der Waals surface area contributed by atoms with Gasteiger partial charge in [-0.2, -0.15) is 0 Å². The molecule has 10 heteroatoms. The molecule has 7 rings (SSSR count). The molecule has 0 N–H and O–H groups in total. The number of benzene rings is 1. The minimum Gasteiger partial charge on any atom is -0.474 e. The lowest BCUT2D eigenvalue weighted by molar-refractivity contribution is -0.130. The van der Waals surface area contributed by atoms with E-state index in [1.165, 1.54) is 35.0 Å². The third kappa shape index (κ3) is 4.69. The van der Waals surface area contributed by atoms with Crippen molar-refractivity contribution in [1.29, 1.82) is 0 Å². The summed E-state index contributed by atoms with van der Waals surface area (Å²) in [5.74, 6) is 0.374. The summed E-state index contributed by atoms with van der Waals surface area (Å²) in [6.45, 7) is 10.9. The number of rotatable bonds is 5. The fourth-order valence-corrected chi connectivity index (χ4v) is 8.09. The Morgan fingerprint density at radius 3 is 2.68 bits per heavy atom. The van der Waals surface area contributed by atoms with Gasteiger partial charge >= 0.3 is 0 Å². The predicted molar refractivity (Wildman–Crippen MR) is 174 cm³/mol. The number of fused-ring (bicyclic) bond motifs is 6. The predicted octanol–water partition coefficient (Wildman–Crippen LogP) is 3.07. The lowest BCUT2D eigenvalue weighted by Gasteiger charge is -2.51. The van der Waals surface area contributed by atoms with Gasteiger partial charge in [0, 0.05) is 51.4 Å². The minimum atomic E-state index is -0.458. The molecule has 0 unspecified atom stereocenters. The van der Waals surface area contributed by atoms with E-state index in [9.17, 15) is 9.59 Å². The van der Waals surface area contributed by atoms with Crippen LogP contribution in [-0.4, -0.2) is 105 Å². The molecule has 234 valence electrons. The van der Waals surface area contributed by atoms with Crippen LogP contribution in [0.5, 0.6) is 5.88 Å². The van der Waals surface area contributed by atoms with E-state index in [4.69, 9.17) is 9.72 Å². The highest BCUT2D eigenvalue weighted by Crippen LogP contribution is 2.48. The van der Waals surface area contributed by atoms with Crippen LogP contribution in [0.1, 0.15) is 43.0 Å². The van der Waals surface area contributed by atoms with E-state index >= 15 is 0 Å². The molecule has 2 fully saturated rings. The van der Waals surface area contributed by atoms with Crippen molar-refractivity contribution in [2.24, 2.45) is 0 Å². The molecule has 5 aliphatic heterocycles. The van der Waals surface area contributed by atoms with E-state index in [2.05, 4.69) is 65.4 Å². The Labute approximate surface area is 260 Å². The number of hydrogen-bond donors (Lipinski definition) is 0. The molecule has 2 amide bonds. The molecule has 5 aliphatic rings. The van der Waals surface area contributed by atoms with E-state index < -0.39 is 6.04 Å². The van der Waals surface area contributed by atoms with Gasteiger partial charge < -0.3 is 34.1 Å². The van der Waals surface area contributed by atoms with Crippen LogP contribution in [0.4, 0.5) is 22.7 Å². The first kappa shape index (κ1) is 29.0. The minimum absolute atomic E-state index is 0.0350. The van der Waals surface area contributed by atoms with Gasteiger partial charge in [-0.25, -0.2) is 4.98 Å². The molecule has 6 heterocycles. The summed E-state index contributed by atoms with van der Waals surface area (Å²) in [4.78, 5) is 44.9. The Hall–Kier alpha value is -3.79. The van der Waals surface area contributed by atoms with Crippen molar-refractivity contribution in [1.82, 2.24) is 14.8 Å². The smallest absolute Gasteiger partial charge is 0.251 e. The van der Waals surface area contributed by atoms with Crippen molar-refractivity contribution in [3.8, 4) is 5.88 Å². The number of carbonyl (C=O) groups excluding carboxylic acids is 2. The summed E-state index contributed by atoms with van der Waals surface area (Å²) >= 11 is 0. The Morgan fingerprint density at radius 2 is 1.91 bits per heavy atom. The van der Waals surface area contributed by atoms with Crippen LogP contribution in [0.15, 0.2) is 30.9 Å². The standard InChI is InChI=1S/C34H45N7O3/c1-6-29(42)40-20-28-34(43)38(5)32-31(41(28)18-22(40)2)25-14-17-39(27-13-7-10-23-11-8-16-37(4)30(23)27)19-26(25)35-33(32)44-21-24-12-9-15-36(24)3/h6-7,10,13,22,24,28H,1,8-9,11-12,14-21H2,2-5H3/t22-,24+,28-/m1/s1. The number of aryl methyl sites for hydroxylation is 1. The van der Waals surface area contributed by atoms with E-state index in [0.29, 0.717) is 38.2 Å². The van der Waals surface area contributed by atoms with Gasteiger partial charge in [0.1, 0.15) is 18.3 Å². The molecular formula is C34H45N7O3. The van der Waals surface area contributed by atoms with Crippen LogP contribution in [0.3, 0.4) is 0 Å². The van der Waals surface area contributed by atoms with Crippen molar-refractivity contribution in [3.63, 3.8) is 0 Å². The normalized spacial score (nSPS) is 25.0. The molecule has 2 saturated heterocycles. The van der Waals surface area contributed by atoms with Crippen molar-refractivity contribution >= 4 is 34.6 Å². The largest absolute Gasteiger partial charge is 0.474 e. The van der Waals surface area contributed by atoms with Gasteiger partial charge in [0.25, 0.3) is 5.91 Å². The van der Waals surface area contributed by atoms with Crippen LogP contribution >= 0.6 is 0 Å².